The average molecular weight is 246 g/mol. The zero-order valence-electron chi connectivity index (χ0n) is 9.80. The third kappa shape index (κ3) is 2.36. The van der Waals surface area contributed by atoms with Gasteiger partial charge in [0.25, 0.3) is 10.1 Å². The molecule has 0 aromatic heterocycles. The number of hydrogen-bond acceptors (Lipinski definition) is 3. The molecule has 0 aromatic rings. The highest BCUT2D eigenvalue weighted by atomic mass is 32.2. The lowest BCUT2D eigenvalue weighted by molar-refractivity contribution is 0.144. The summed E-state index contributed by atoms with van der Waals surface area (Å²) >= 11 is 0. The smallest absolute Gasteiger partial charge is 0.274 e. The van der Waals surface area contributed by atoms with Gasteiger partial charge in [-0.25, -0.2) is 0 Å². The van der Waals surface area contributed by atoms with Gasteiger partial charge >= 0.3 is 0 Å². The van der Waals surface area contributed by atoms with Crippen LogP contribution in [0.4, 0.5) is 0 Å². The summed E-state index contributed by atoms with van der Waals surface area (Å²) in [6.45, 7) is 3.94. The molecule has 1 N–H and O–H groups in total. The van der Waals surface area contributed by atoms with E-state index in [0.717, 1.165) is 5.57 Å². The van der Waals surface area contributed by atoms with Gasteiger partial charge in [0, 0.05) is 13.0 Å². The summed E-state index contributed by atoms with van der Waals surface area (Å²) < 4.78 is 36.2. The molecule has 1 unspecified atom stereocenters. The third-order valence-electron chi connectivity index (χ3n) is 3.10. The van der Waals surface area contributed by atoms with E-state index in [0.29, 0.717) is 6.42 Å². The second kappa shape index (κ2) is 4.69. The van der Waals surface area contributed by atoms with Crippen LogP contribution in [0.2, 0.25) is 0 Å². The van der Waals surface area contributed by atoms with E-state index in [-0.39, 0.29) is 12.5 Å². The first-order valence-corrected chi connectivity index (χ1v) is 6.59. The molecule has 1 aliphatic carbocycles. The van der Waals surface area contributed by atoms with Crippen LogP contribution in [0.25, 0.3) is 0 Å². The van der Waals surface area contributed by atoms with E-state index in [4.69, 9.17) is 4.74 Å². The van der Waals surface area contributed by atoms with Gasteiger partial charge in [-0.15, -0.1) is 0 Å². The topological polar surface area (TPSA) is 63.6 Å². The van der Waals surface area contributed by atoms with Gasteiger partial charge in [-0.1, -0.05) is 30.7 Å². The van der Waals surface area contributed by atoms with Crippen molar-refractivity contribution in [3.63, 3.8) is 0 Å². The summed E-state index contributed by atoms with van der Waals surface area (Å²) in [6, 6.07) is 0. The van der Waals surface area contributed by atoms with Crippen LogP contribution in [-0.2, 0) is 14.9 Å². The van der Waals surface area contributed by atoms with Crippen LogP contribution in [0.5, 0.6) is 0 Å². The Morgan fingerprint density at radius 2 is 2.25 bits per heavy atom. The van der Waals surface area contributed by atoms with Gasteiger partial charge in [0.1, 0.15) is 4.75 Å². The zero-order valence-corrected chi connectivity index (χ0v) is 10.6. The van der Waals surface area contributed by atoms with E-state index in [1.54, 1.807) is 19.1 Å². The Balaban J connectivity index is 3.12. The summed E-state index contributed by atoms with van der Waals surface area (Å²) in [5.74, 6) is -0.298. The fourth-order valence-electron chi connectivity index (χ4n) is 1.93. The first kappa shape index (κ1) is 13.4. The molecule has 0 aliphatic heterocycles. The molecular formula is C11H18O4S. The van der Waals surface area contributed by atoms with Gasteiger partial charge < -0.3 is 4.74 Å². The van der Waals surface area contributed by atoms with Crippen LogP contribution in [0.3, 0.4) is 0 Å². The number of hydrogen-bond donors (Lipinski definition) is 1. The van der Waals surface area contributed by atoms with Crippen molar-refractivity contribution in [3.8, 4) is 0 Å². The van der Waals surface area contributed by atoms with Gasteiger partial charge in [0.05, 0.1) is 6.61 Å². The number of ether oxygens (including phenoxy) is 1. The summed E-state index contributed by atoms with van der Waals surface area (Å²) in [5, 5.41) is 0. The van der Waals surface area contributed by atoms with Crippen molar-refractivity contribution in [1.29, 1.82) is 0 Å². The summed E-state index contributed by atoms with van der Waals surface area (Å²) in [4.78, 5) is 0. The Bertz CT molecular complexity index is 408. The molecule has 0 heterocycles. The lowest BCUT2D eigenvalue weighted by atomic mass is 9.86. The van der Waals surface area contributed by atoms with Crippen LogP contribution < -0.4 is 0 Å². The third-order valence-corrected chi connectivity index (χ3v) is 4.77. The lowest BCUT2D eigenvalue weighted by Gasteiger charge is -2.34. The molecular weight excluding hydrogens is 228 g/mol. The van der Waals surface area contributed by atoms with Gasteiger partial charge in [-0.3, -0.25) is 4.55 Å². The Morgan fingerprint density at radius 1 is 1.62 bits per heavy atom. The minimum Gasteiger partial charge on any atom is -0.384 e. The van der Waals surface area contributed by atoms with E-state index in [1.807, 2.05) is 13.0 Å². The summed E-state index contributed by atoms with van der Waals surface area (Å²) in [5.41, 5.74) is 1.00. The Labute approximate surface area is 96.7 Å². The van der Waals surface area contributed by atoms with E-state index >= 15 is 0 Å². The molecule has 0 bridgehead atoms. The standard InChI is InChI=1S/C11H18O4S/c1-9-4-6-11(7-5-9,16(12,13)14)10(2)8-15-3/h4-6,10H,7-8H2,1-3H3,(H,12,13,14)/t10?,11-/m0/s1. The molecule has 0 spiro atoms. The molecule has 16 heavy (non-hydrogen) atoms. The van der Waals surface area contributed by atoms with Crippen molar-refractivity contribution in [3.05, 3.63) is 23.8 Å². The first-order chi connectivity index (χ1) is 7.33. The Morgan fingerprint density at radius 3 is 2.62 bits per heavy atom. The van der Waals surface area contributed by atoms with Crippen molar-refractivity contribution in [2.75, 3.05) is 13.7 Å². The second-order valence-electron chi connectivity index (χ2n) is 4.27. The lowest BCUT2D eigenvalue weighted by Crippen LogP contribution is -2.45. The number of allylic oxidation sites excluding steroid dienone is 3. The highest BCUT2D eigenvalue weighted by molar-refractivity contribution is 7.87. The van der Waals surface area contributed by atoms with Crippen molar-refractivity contribution in [2.45, 2.75) is 25.0 Å². The van der Waals surface area contributed by atoms with Crippen molar-refractivity contribution in [2.24, 2.45) is 5.92 Å². The predicted molar refractivity (Wildman–Crippen MR) is 62.8 cm³/mol. The van der Waals surface area contributed by atoms with E-state index in [1.165, 1.54) is 7.11 Å². The molecule has 0 saturated heterocycles. The molecule has 92 valence electrons. The molecule has 0 aromatic carbocycles. The minimum atomic E-state index is -4.14. The summed E-state index contributed by atoms with van der Waals surface area (Å²) in [7, 11) is -2.63. The average Bonchev–Trinajstić information content (AvgIpc) is 2.17. The molecule has 0 amide bonds. The fraction of sp³-hybridized carbons (Fsp3) is 0.636. The molecule has 0 radical (unpaired) electrons. The minimum absolute atomic E-state index is 0.289. The quantitative estimate of drug-likeness (QED) is 0.768. The maximum atomic E-state index is 11.6. The van der Waals surface area contributed by atoms with E-state index < -0.39 is 14.9 Å². The van der Waals surface area contributed by atoms with Crippen molar-refractivity contribution < 1.29 is 17.7 Å². The number of rotatable bonds is 4. The normalized spacial score (nSPS) is 27.6. The highest BCUT2D eigenvalue weighted by Crippen LogP contribution is 2.35. The maximum Gasteiger partial charge on any atom is 0.274 e. The molecule has 0 fully saturated rings. The molecule has 0 saturated carbocycles. The molecule has 1 aliphatic rings. The van der Waals surface area contributed by atoms with Crippen molar-refractivity contribution in [1.82, 2.24) is 0 Å². The van der Waals surface area contributed by atoms with E-state index in [2.05, 4.69) is 0 Å². The van der Waals surface area contributed by atoms with Crippen LogP contribution in [-0.4, -0.2) is 31.4 Å². The van der Waals surface area contributed by atoms with Gasteiger partial charge in [-0.2, -0.15) is 8.42 Å². The highest BCUT2D eigenvalue weighted by Gasteiger charge is 2.45. The van der Waals surface area contributed by atoms with Crippen LogP contribution in [0.15, 0.2) is 23.8 Å². The fourth-order valence-corrected chi connectivity index (χ4v) is 3.04. The first-order valence-electron chi connectivity index (χ1n) is 5.15. The van der Waals surface area contributed by atoms with Gasteiger partial charge in [0.2, 0.25) is 0 Å². The number of methoxy groups -OCH3 is 1. The van der Waals surface area contributed by atoms with E-state index in [9.17, 15) is 13.0 Å². The molecule has 2 atom stereocenters. The maximum absolute atomic E-state index is 11.6. The van der Waals surface area contributed by atoms with Crippen LogP contribution in [0, 0.1) is 5.92 Å². The Hall–Kier alpha value is -0.650. The Kier molecular flexibility index (Phi) is 3.93. The second-order valence-corrected chi connectivity index (χ2v) is 5.98. The van der Waals surface area contributed by atoms with Gasteiger partial charge in [0.15, 0.2) is 0 Å². The van der Waals surface area contributed by atoms with Crippen LogP contribution >= 0.6 is 0 Å². The van der Waals surface area contributed by atoms with Crippen molar-refractivity contribution >= 4 is 10.1 Å². The predicted octanol–water partition coefficient (Wildman–Crippen LogP) is 1.80. The summed E-state index contributed by atoms with van der Waals surface area (Å²) in [6.07, 6.45) is 5.41. The molecule has 5 heteroatoms. The molecule has 1 rings (SSSR count). The zero-order chi connectivity index (χ0) is 12.4. The van der Waals surface area contributed by atoms with Gasteiger partial charge in [-0.05, 0) is 13.3 Å². The molecule has 4 nitrogen and oxygen atoms in total. The monoisotopic (exact) mass is 246 g/mol. The van der Waals surface area contributed by atoms with Crippen LogP contribution in [0.1, 0.15) is 20.3 Å². The largest absolute Gasteiger partial charge is 0.384 e. The SMILES string of the molecule is COCC(C)[C@]1(S(=O)(=O)O)C=CC(C)=CC1.